The standard InChI is InChI=1S/C30H39NO5.C2H6/c1-27(2)10-11-30(26(35)36-5)9-7-20-24(21(30)14-27)22(33)12-23-28(20,3)8-6-19-18(16-32)25(34)17(15-31)13-29(19,23)4;1-2/h12-13,18-21,24,32H,6-11,14,16H2,1-5H3;1-2H3. The molecule has 6 heteroatoms. The molecule has 38 heavy (non-hydrogen) atoms. The molecule has 0 spiro atoms. The summed E-state index contributed by atoms with van der Waals surface area (Å²) in [7, 11) is 1.46. The monoisotopic (exact) mass is 523 g/mol. The van der Waals surface area contributed by atoms with Crippen molar-refractivity contribution < 1.29 is 24.2 Å². The van der Waals surface area contributed by atoms with Crippen LogP contribution in [0.2, 0.25) is 0 Å². The number of nitrogens with zero attached hydrogens (tertiary/aromatic N) is 1. The molecule has 3 fully saturated rings. The van der Waals surface area contributed by atoms with Crippen molar-refractivity contribution in [3.8, 4) is 6.07 Å². The minimum Gasteiger partial charge on any atom is -0.469 e. The molecule has 3 saturated carbocycles. The second kappa shape index (κ2) is 9.73. The number of hydrogen-bond acceptors (Lipinski definition) is 6. The van der Waals surface area contributed by atoms with Crippen molar-refractivity contribution in [1.82, 2.24) is 0 Å². The molecule has 0 aromatic rings. The van der Waals surface area contributed by atoms with Crippen molar-refractivity contribution in [2.45, 2.75) is 86.5 Å². The van der Waals surface area contributed by atoms with Crippen molar-refractivity contribution in [3.63, 3.8) is 0 Å². The highest BCUT2D eigenvalue weighted by atomic mass is 16.5. The van der Waals surface area contributed by atoms with Gasteiger partial charge in [0.15, 0.2) is 11.6 Å². The number of esters is 1. The predicted octanol–water partition coefficient (Wildman–Crippen LogP) is 5.60. The van der Waals surface area contributed by atoms with Crippen LogP contribution in [-0.2, 0) is 19.1 Å². The fraction of sp³-hybridized carbons (Fsp3) is 0.750. The van der Waals surface area contributed by atoms with E-state index in [0.717, 1.165) is 50.5 Å². The van der Waals surface area contributed by atoms with E-state index >= 15 is 0 Å². The Hall–Kier alpha value is -2.26. The first-order valence-corrected chi connectivity index (χ1v) is 14.5. The van der Waals surface area contributed by atoms with Crippen LogP contribution in [0.5, 0.6) is 0 Å². The normalized spacial score (nSPS) is 42.9. The van der Waals surface area contributed by atoms with Crippen LogP contribution in [0.1, 0.15) is 86.5 Å². The molecule has 0 bridgehead atoms. The Balaban J connectivity index is 0.00000164. The van der Waals surface area contributed by atoms with Gasteiger partial charge in [-0.2, -0.15) is 5.26 Å². The van der Waals surface area contributed by atoms with Crippen molar-refractivity contribution in [3.05, 3.63) is 23.3 Å². The first-order valence-electron chi connectivity index (χ1n) is 14.5. The second-order valence-electron chi connectivity index (χ2n) is 13.4. The molecule has 0 amide bonds. The molecule has 8 unspecified atom stereocenters. The Kier molecular flexibility index (Phi) is 7.36. The van der Waals surface area contributed by atoms with Crippen LogP contribution in [0.15, 0.2) is 23.3 Å². The number of Topliss-reactive ketones (excluding diaryl/α,β-unsaturated/α-hetero) is 1. The molecule has 5 aliphatic carbocycles. The third-order valence-electron chi connectivity index (χ3n) is 11.3. The summed E-state index contributed by atoms with van der Waals surface area (Å²) >= 11 is 0. The average molecular weight is 524 g/mol. The summed E-state index contributed by atoms with van der Waals surface area (Å²) < 4.78 is 5.35. The molecule has 5 rings (SSSR count). The highest BCUT2D eigenvalue weighted by Gasteiger charge is 2.66. The number of hydrogen-bond donors (Lipinski definition) is 1. The second-order valence-corrected chi connectivity index (χ2v) is 13.4. The molecule has 0 heterocycles. The number of allylic oxidation sites excluding steroid dienone is 4. The quantitative estimate of drug-likeness (QED) is 0.473. The SMILES string of the molecule is CC.COC(=O)C12CCC3C(C(=O)C=C4C5(C)C=C(C#N)C(=O)C(CO)C5CCC43C)C1CC(C)(C)CC2. The van der Waals surface area contributed by atoms with E-state index in [2.05, 4.69) is 26.8 Å². The number of nitriles is 1. The summed E-state index contributed by atoms with van der Waals surface area (Å²) in [6.07, 6.45) is 9.24. The lowest BCUT2D eigenvalue weighted by atomic mass is 9.39. The Morgan fingerprint density at radius 2 is 1.71 bits per heavy atom. The zero-order valence-corrected chi connectivity index (χ0v) is 24.2. The molecule has 0 aliphatic heterocycles. The highest BCUT2D eigenvalue weighted by molar-refractivity contribution is 6.02. The highest BCUT2D eigenvalue weighted by Crippen LogP contribution is 2.69. The van der Waals surface area contributed by atoms with Gasteiger partial charge in [-0.3, -0.25) is 14.4 Å². The number of carbonyl (C=O) groups is 3. The Labute approximate surface area is 227 Å². The number of ether oxygens (including phenoxy) is 1. The molecule has 6 nitrogen and oxygen atoms in total. The fourth-order valence-corrected chi connectivity index (χ4v) is 9.47. The summed E-state index contributed by atoms with van der Waals surface area (Å²) in [5.41, 5.74) is -0.349. The third-order valence-corrected chi connectivity index (χ3v) is 11.3. The van der Waals surface area contributed by atoms with E-state index in [1.807, 2.05) is 26.8 Å². The van der Waals surface area contributed by atoms with Gasteiger partial charge in [-0.15, -0.1) is 0 Å². The molecular formula is C32H45NO5. The zero-order chi connectivity index (χ0) is 28.3. The van der Waals surface area contributed by atoms with Crippen molar-refractivity contribution in [2.75, 3.05) is 13.7 Å². The van der Waals surface area contributed by atoms with Gasteiger partial charge in [-0.05, 0) is 79.6 Å². The maximum Gasteiger partial charge on any atom is 0.312 e. The number of aliphatic hydroxyl groups excluding tert-OH is 1. The van der Waals surface area contributed by atoms with E-state index in [4.69, 9.17) is 4.74 Å². The molecule has 0 saturated heterocycles. The number of methoxy groups -OCH3 is 1. The summed E-state index contributed by atoms with van der Waals surface area (Å²) in [5.74, 6) is -1.31. The zero-order valence-electron chi connectivity index (χ0n) is 24.2. The van der Waals surface area contributed by atoms with E-state index in [0.29, 0.717) is 0 Å². The van der Waals surface area contributed by atoms with Gasteiger partial charge < -0.3 is 9.84 Å². The molecule has 208 valence electrons. The van der Waals surface area contributed by atoms with E-state index in [1.54, 1.807) is 6.08 Å². The fourth-order valence-electron chi connectivity index (χ4n) is 9.47. The first kappa shape index (κ1) is 28.7. The Morgan fingerprint density at radius 3 is 2.32 bits per heavy atom. The molecule has 0 aromatic heterocycles. The smallest absolute Gasteiger partial charge is 0.312 e. The van der Waals surface area contributed by atoms with Gasteiger partial charge in [-0.25, -0.2) is 0 Å². The van der Waals surface area contributed by atoms with Gasteiger partial charge in [-0.1, -0.05) is 53.2 Å². The van der Waals surface area contributed by atoms with Crippen LogP contribution in [0.4, 0.5) is 0 Å². The third kappa shape index (κ3) is 3.86. The topological polar surface area (TPSA) is 104 Å². The van der Waals surface area contributed by atoms with E-state index in [-0.39, 0.29) is 64.2 Å². The minimum absolute atomic E-state index is 0.0524. The van der Waals surface area contributed by atoms with Gasteiger partial charge in [0, 0.05) is 11.3 Å². The van der Waals surface area contributed by atoms with Crippen LogP contribution in [0.25, 0.3) is 0 Å². The van der Waals surface area contributed by atoms with Gasteiger partial charge >= 0.3 is 5.97 Å². The van der Waals surface area contributed by atoms with Gasteiger partial charge in [0.1, 0.15) is 6.07 Å². The maximum absolute atomic E-state index is 14.1. The number of ketones is 2. The van der Waals surface area contributed by atoms with Crippen LogP contribution < -0.4 is 0 Å². The van der Waals surface area contributed by atoms with E-state index < -0.39 is 16.7 Å². The number of rotatable bonds is 2. The van der Waals surface area contributed by atoms with E-state index in [1.165, 1.54) is 7.11 Å². The van der Waals surface area contributed by atoms with Gasteiger partial charge in [0.2, 0.25) is 0 Å². The summed E-state index contributed by atoms with van der Waals surface area (Å²) in [6, 6.07) is 2.06. The lowest BCUT2D eigenvalue weighted by molar-refractivity contribution is -0.178. The van der Waals surface area contributed by atoms with Crippen LogP contribution in [-0.4, -0.2) is 36.4 Å². The number of fused-ring (bicyclic) bond motifs is 7. The van der Waals surface area contributed by atoms with Crippen molar-refractivity contribution in [2.24, 2.45) is 51.2 Å². The summed E-state index contributed by atoms with van der Waals surface area (Å²) in [6.45, 7) is 12.5. The Morgan fingerprint density at radius 1 is 1.05 bits per heavy atom. The predicted molar refractivity (Wildman–Crippen MR) is 144 cm³/mol. The molecular weight excluding hydrogens is 478 g/mol. The summed E-state index contributed by atoms with van der Waals surface area (Å²) in [4.78, 5) is 40.2. The van der Waals surface area contributed by atoms with Gasteiger partial charge in [0.25, 0.3) is 0 Å². The van der Waals surface area contributed by atoms with Crippen LogP contribution in [0, 0.1) is 62.6 Å². The number of aliphatic hydroxyl groups is 1. The molecule has 0 aromatic carbocycles. The van der Waals surface area contributed by atoms with Crippen molar-refractivity contribution in [1.29, 1.82) is 5.26 Å². The lowest BCUT2D eigenvalue weighted by Crippen LogP contribution is -2.61. The molecule has 8 atom stereocenters. The largest absolute Gasteiger partial charge is 0.469 e. The minimum atomic E-state index is -0.636. The first-order chi connectivity index (χ1) is 17.9. The van der Waals surface area contributed by atoms with Crippen molar-refractivity contribution >= 4 is 17.5 Å². The maximum atomic E-state index is 14.1. The number of carbonyl (C=O) groups excluding carboxylic acids is 3. The van der Waals surface area contributed by atoms with E-state index in [9.17, 15) is 24.8 Å². The summed E-state index contributed by atoms with van der Waals surface area (Å²) in [5, 5.41) is 19.8. The van der Waals surface area contributed by atoms with Gasteiger partial charge in [0.05, 0.1) is 30.6 Å². The Bertz CT molecular complexity index is 1130. The molecule has 5 aliphatic rings. The lowest BCUT2D eigenvalue weighted by Gasteiger charge is -2.63. The van der Waals surface area contributed by atoms with Crippen LogP contribution in [0.3, 0.4) is 0 Å². The molecule has 0 radical (unpaired) electrons. The van der Waals surface area contributed by atoms with Crippen LogP contribution >= 0.6 is 0 Å². The average Bonchev–Trinajstić information content (AvgIpc) is 2.90. The molecule has 1 N–H and O–H groups in total.